The van der Waals surface area contributed by atoms with Gasteiger partial charge in [-0.15, -0.1) is 0 Å². The minimum absolute atomic E-state index is 0.110. The largest absolute Gasteiger partial charge is 0.381 e. The number of hydrogen-bond donors (Lipinski definition) is 1. The van der Waals surface area contributed by atoms with Crippen molar-refractivity contribution in [2.24, 2.45) is 17.3 Å². The molecule has 0 aromatic heterocycles. The minimum Gasteiger partial charge on any atom is -0.381 e. The van der Waals surface area contributed by atoms with Crippen molar-refractivity contribution in [1.29, 1.82) is 0 Å². The summed E-state index contributed by atoms with van der Waals surface area (Å²) >= 11 is 0. The smallest absolute Gasteiger partial charge is 0.224 e. The van der Waals surface area contributed by atoms with Crippen LogP contribution in [0.25, 0.3) is 0 Å². The maximum atomic E-state index is 12.2. The van der Waals surface area contributed by atoms with Crippen LogP contribution in [0.4, 0.5) is 0 Å². The number of allylic oxidation sites excluding steroid dienone is 2. The Morgan fingerprint density at radius 3 is 2.50 bits per heavy atom. The predicted molar refractivity (Wildman–Crippen MR) is 83.5 cm³/mol. The van der Waals surface area contributed by atoms with Crippen LogP contribution in [0.2, 0.25) is 0 Å². The third kappa shape index (κ3) is 4.93. The highest BCUT2D eigenvalue weighted by molar-refractivity contribution is 5.83. The van der Waals surface area contributed by atoms with Crippen molar-refractivity contribution in [3.05, 3.63) is 11.6 Å². The molecule has 1 aliphatic carbocycles. The molecule has 0 bridgehead atoms. The Morgan fingerprint density at radius 1 is 1.25 bits per heavy atom. The van der Waals surface area contributed by atoms with Gasteiger partial charge in [-0.3, -0.25) is 4.79 Å². The van der Waals surface area contributed by atoms with Crippen molar-refractivity contribution in [3.8, 4) is 0 Å². The lowest BCUT2D eigenvalue weighted by Crippen LogP contribution is -2.28. The fraction of sp³-hybridized carbons (Fsp3) is 0.824. The molecule has 0 radical (unpaired) electrons. The predicted octanol–water partition coefficient (Wildman–Crippen LogP) is 3.55. The molecule has 0 aromatic rings. The van der Waals surface area contributed by atoms with Gasteiger partial charge in [0, 0.05) is 19.8 Å². The first-order valence-corrected chi connectivity index (χ1v) is 7.91. The molecular weight excluding hydrogens is 250 g/mol. The van der Waals surface area contributed by atoms with Crippen LogP contribution < -0.4 is 5.32 Å². The molecule has 0 aromatic carbocycles. The Bertz CT molecular complexity index is 343. The van der Waals surface area contributed by atoms with E-state index >= 15 is 0 Å². The number of carbonyl (C=O) groups excluding carboxylic acids is 1. The standard InChI is InChI=1S/C17H31NO2/c1-6-7-10-20-11-8-9-18-16(19)15-14(12-13(2)3)17(15,4)5/h12,14-15H,6-11H2,1-5H3,(H,18,19). The van der Waals surface area contributed by atoms with E-state index in [0.717, 1.165) is 32.6 Å². The van der Waals surface area contributed by atoms with Crippen molar-refractivity contribution in [3.63, 3.8) is 0 Å². The summed E-state index contributed by atoms with van der Waals surface area (Å²) in [7, 11) is 0. The van der Waals surface area contributed by atoms with Crippen molar-refractivity contribution >= 4 is 5.91 Å². The van der Waals surface area contributed by atoms with Crippen LogP contribution >= 0.6 is 0 Å². The van der Waals surface area contributed by atoms with Crippen LogP contribution in [0.5, 0.6) is 0 Å². The quantitative estimate of drug-likeness (QED) is 0.518. The summed E-state index contributed by atoms with van der Waals surface area (Å²) in [6.07, 6.45) is 5.42. The first-order valence-electron chi connectivity index (χ1n) is 7.91. The zero-order valence-electron chi connectivity index (χ0n) is 13.8. The summed E-state index contributed by atoms with van der Waals surface area (Å²) < 4.78 is 5.49. The third-order valence-corrected chi connectivity index (χ3v) is 4.11. The molecule has 2 unspecified atom stereocenters. The molecule has 116 valence electrons. The van der Waals surface area contributed by atoms with Crippen LogP contribution in [0.15, 0.2) is 11.6 Å². The van der Waals surface area contributed by atoms with Gasteiger partial charge in [0.25, 0.3) is 0 Å². The molecule has 1 aliphatic rings. The van der Waals surface area contributed by atoms with E-state index in [2.05, 4.69) is 46.0 Å². The van der Waals surface area contributed by atoms with Gasteiger partial charge < -0.3 is 10.1 Å². The summed E-state index contributed by atoms with van der Waals surface area (Å²) in [5, 5.41) is 3.05. The summed E-state index contributed by atoms with van der Waals surface area (Å²) in [5.74, 6) is 0.734. The molecule has 2 atom stereocenters. The van der Waals surface area contributed by atoms with E-state index in [1.54, 1.807) is 0 Å². The average molecular weight is 281 g/mol. The van der Waals surface area contributed by atoms with E-state index in [1.165, 1.54) is 12.0 Å². The lowest BCUT2D eigenvalue weighted by molar-refractivity contribution is -0.123. The Kier molecular flexibility index (Phi) is 6.74. The molecule has 3 heteroatoms. The van der Waals surface area contributed by atoms with Gasteiger partial charge in [-0.2, -0.15) is 0 Å². The molecule has 0 aliphatic heterocycles. The van der Waals surface area contributed by atoms with Crippen LogP contribution in [-0.4, -0.2) is 25.7 Å². The fourth-order valence-electron chi connectivity index (χ4n) is 2.69. The van der Waals surface area contributed by atoms with Crippen molar-refractivity contribution in [2.45, 2.75) is 53.9 Å². The second-order valence-corrected chi connectivity index (χ2v) is 6.68. The maximum absolute atomic E-state index is 12.2. The van der Waals surface area contributed by atoms with Gasteiger partial charge in [0.1, 0.15) is 0 Å². The average Bonchev–Trinajstić information content (AvgIpc) is 2.88. The molecule has 20 heavy (non-hydrogen) atoms. The number of rotatable bonds is 9. The number of hydrogen-bond acceptors (Lipinski definition) is 2. The number of nitrogens with one attached hydrogen (secondary N) is 1. The topological polar surface area (TPSA) is 38.3 Å². The van der Waals surface area contributed by atoms with E-state index < -0.39 is 0 Å². The molecule has 0 heterocycles. The summed E-state index contributed by atoms with van der Waals surface area (Å²) in [6, 6.07) is 0. The number of carbonyl (C=O) groups is 1. The highest BCUT2D eigenvalue weighted by atomic mass is 16.5. The Morgan fingerprint density at radius 2 is 1.90 bits per heavy atom. The van der Waals surface area contributed by atoms with Gasteiger partial charge in [0.05, 0.1) is 5.92 Å². The van der Waals surface area contributed by atoms with E-state index in [9.17, 15) is 4.79 Å². The second-order valence-electron chi connectivity index (χ2n) is 6.68. The van der Waals surface area contributed by atoms with Gasteiger partial charge in [-0.1, -0.05) is 38.8 Å². The van der Waals surface area contributed by atoms with Crippen LogP contribution in [0.3, 0.4) is 0 Å². The monoisotopic (exact) mass is 281 g/mol. The Balaban J connectivity index is 2.19. The Labute approximate surface area is 124 Å². The molecule has 1 rings (SSSR count). The first-order chi connectivity index (χ1) is 9.41. The Hall–Kier alpha value is -0.830. The number of amides is 1. The SMILES string of the molecule is CCCCOCCCNC(=O)C1C(C=C(C)C)C1(C)C. The zero-order valence-corrected chi connectivity index (χ0v) is 13.8. The van der Waals surface area contributed by atoms with Crippen molar-refractivity contribution < 1.29 is 9.53 Å². The van der Waals surface area contributed by atoms with Gasteiger partial charge in [0.15, 0.2) is 0 Å². The second kappa shape index (κ2) is 7.82. The van der Waals surface area contributed by atoms with E-state index in [4.69, 9.17) is 4.74 Å². The first kappa shape index (κ1) is 17.2. The summed E-state index contributed by atoms with van der Waals surface area (Å²) in [4.78, 5) is 12.2. The van der Waals surface area contributed by atoms with E-state index in [-0.39, 0.29) is 17.2 Å². The number of unbranched alkanes of at least 4 members (excludes halogenated alkanes) is 1. The minimum atomic E-state index is 0.110. The summed E-state index contributed by atoms with van der Waals surface area (Å²) in [5.41, 5.74) is 1.40. The molecule has 0 spiro atoms. The molecule has 3 nitrogen and oxygen atoms in total. The molecule has 0 saturated heterocycles. The number of ether oxygens (including phenoxy) is 1. The summed E-state index contributed by atoms with van der Waals surface area (Å²) in [6.45, 7) is 13.0. The normalized spacial score (nSPS) is 23.2. The van der Waals surface area contributed by atoms with Gasteiger partial charge in [-0.05, 0) is 38.0 Å². The molecule has 1 saturated carbocycles. The maximum Gasteiger partial charge on any atom is 0.224 e. The molecule has 1 fully saturated rings. The van der Waals surface area contributed by atoms with Crippen molar-refractivity contribution in [2.75, 3.05) is 19.8 Å². The van der Waals surface area contributed by atoms with Crippen LogP contribution in [-0.2, 0) is 9.53 Å². The van der Waals surface area contributed by atoms with Gasteiger partial charge in [0.2, 0.25) is 5.91 Å². The van der Waals surface area contributed by atoms with E-state index in [0.29, 0.717) is 5.92 Å². The van der Waals surface area contributed by atoms with Gasteiger partial charge in [-0.25, -0.2) is 0 Å². The third-order valence-electron chi connectivity index (χ3n) is 4.11. The zero-order chi connectivity index (χ0) is 15.2. The van der Waals surface area contributed by atoms with Crippen LogP contribution in [0.1, 0.15) is 53.9 Å². The molecular formula is C17H31NO2. The lowest BCUT2D eigenvalue weighted by Gasteiger charge is -2.06. The lowest BCUT2D eigenvalue weighted by atomic mass is 10.1. The van der Waals surface area contributed by atoms with Crippen LogP contribution in [0, 0.1) is 17.3 Å². The highest BCUT2D eigenvalue weighted by Crippen LogP contribution is 2.59. The van der Waals surface area contributed by atoms with Gasteiger partial charge >= 0.3 is 0 Å². The van der Waals surface area contributed by atoms with Crippen molar-refractivity contribution in [1.82, 2.24) is 5.32 Å². The molecule has 1 N–H and O–H groups in total. The molecule has 1 amide bonds. The highest BCUT2D eigenvalue weighted by Gasteiger charge is 2.60. The fourth-order valence-corrected chi connectivity index (χ4v) is 2.69. The van der Waals surface area contributed by atoms with E-state index in [1.807, 2.05) is 0 Å².